The fraction of sp³-hybridized carbons (Fsp3) is 0.105. The van der Waals surface area contributed by atoms with Crippen LogP contribution in [0.1, 0.15) is 23.6 Å². The highest BCUT2D eigenvalue weighted by atomic mass is 14.2. The molecule has 1 nitrogen and oxygen atoms in total. The summed E-state index contributed by atoms with van der Waals surface area (Å²) < 4.78 is 0. The van der Waals surface area contributed by atoms with E-state index in [0.717, 1.165) is 17.5 Å². The lowest BCUT2D eigenvalue weighted by Gasteiger charge is -2.00. The van der Waals surface area contributed by atoms with Gasteiger partial charge in [-0.05, 0) is 29.2 Å². The van der Waals surface area contributed by atoms with Gasteiger partial charge in [-0.15, -0.1) is 0 Å². The minimum Gasteiger partial charge on any atom is -0.192 e. The molecule has 0 amide bonds. The van der Waals surface area contributed by atoms with Crippen LogP contribution in [0.2, 0.25) is 0 Å². The molecule has 0 aliphatic carbocycles. The normalized spacial score (nSPS) is 11.5. The van der Waals surface area contributed by atoms with Gasteiger partial charge < -0.3 is 0 Å². The zero-order valence-corrected chi connectivity index (χ0v) is 11.6. The maximum atomic E-state index is 9.25. The number of nitriles is 1. The maximum Gasteiger partial charge on any atom is 0.0997 e. The first kappa shape index (κ1) is 13.8. The third kappa shape index (κ3) is 3.70. The van der Waals surface area contributed by atoms with Crippen LogP contribution < -0.4 is 0 Å². The van der Waals surface area contributed by atoms with Crippen molar-refractivity contribution in [1.29, 1.82) is 5.26 Å². The van der Waals surface area contributed by atoms with Crippen LogP contribution in [0, 0.1) is 11.3 Å². The molecule has 0 N–H and O–H groups in total. The molecule has 0 aliphatic rings. The summed E-state index contributed by atoms with van der Waals surface area (Å²) in [5.74, 6) is 0. The lowest BCUT2D eigenvalue weighted by Crippen LogP contribution is -1.83. The Hall–Kier alpha value is -2.59. The van der Waals surface area contributed by atoms with E-state index in [0.29, 0.717) is 5.57 Å². The van der Waals surface area contributed by atoms with Gasteiger partial charge in [0.25, 0.3) is 0 Å². The summed E-state index contributed by atoms with van der Waals surface area (Å²) in [5.41, 5.74) is 4.05. The highest BCUT2D eigenvalue weighted by molar-refractivity contribution is 5.78. The average Bonchev–Trinajstić information content (AvgIpc) is 2.53. The first-order chi connectivity index (χ1) is 9.83. The molecule has 0 aromatic heterocycles. The minimum absolute atomic E-state index is 0.680. The number of hydrogen-bond acceptors (Lipinski definition) is 1. The number of aryl methyl sites for hydroxylation is 1. The van der Waals surface area contributed by atoms with Crippen LogP contribution in [0.5, 0.6) is 0 Å². The molecule has 2 aromatic rings. The highest BCUT2D eigenvalue weighted by Gasteiger charge is 1.98. The lowest BCUT2D eigenvalue weighted by atomic mass is 10.0. The number of rotatable bonds is 4. The second-order valence-electron chi connectivity index (χ2n) is 4.51. The third-order valence-corrected chi connectivity index (χ3v) is 3.14. The van der Waals surface area contributed by atoms with Crippen molar-refractivity contribution in [3.63, 3.8) is 0 Å². The van der Waals surface area contributed by atoms with Gasteiger partial charge in [-0.1, -0.05) is 73.7 Å². The van der Waals surface area contributed by atoms with Crippen molar-refractivity contribution >= 4 is 11.6 Å². The first-order valence-corrected chi connectivity index (χ1v) is 6.76. The van der Waals surface area contributed by atoms with Crippen LogP contribution in [0.3, 0.4) is 0 Å². The van der Waals surface area contributed by atoms with Crippen molar-refractivity contribution in [3.05, 3.63) is 83.4 Å². The Morgan fingerprint density at radius 2 is 1.75 bits per heavy atom. The Kier molecular flexibility index (Phi) is 4.92. The summed E-state index contributed by atoms with van der Waals surface area (Å²) in [6.45, 7) is 2.12. The lowest BCUT2D eigenvalue weighted by molar-refractivity contribution is 1.14. The molecule has 0 fully saturated rings. The maximum absolute atomic E-state index is 9.25. The predicted molar refractivity (Wildman–Crippen MR) is 84.9 cm³/mol. The zero-order chi connectivity index (χ0) is 14.2. The quantitative estimate of drug-likeness (QED) is 0.567. The number of nitrogens with zero attached hydrogens (tertiary/aromatic N) is 1. The van der Waals surface area contributed by atoms with Crippen molar-refractivity contribution < 1.29 is 0 Å². The van der Waals surface area contributed by atoms with Crippen molar-refractivity contribution in [2.24, 2.45) is 0 Å². The number of hydrogen-bond donors (Lipinski definition) is 0. The number of allylic oxidation sites excluding steroid dienone is 3. The predicted octanol–water partition coefficient (Wildman–Crippen LogP) is 4.87. The highest BCUT2D eigenvalue weighted by Crippen LogP contribution is 2.15. The third-order valence-electron chi connectivity index (χ3n) is 3.14. The molecule has 0 radical (unpaired) electrons. The molecule has 2 aromatic carbocycles. The van der Waals surface area contributed by atoms with Crippen LogP contribution >= 0.6 is 0 Å². The van der Waals surface area contributed by atoms with Crippen LogP contribution in [-0.2, 0) is 6.42 Å². The van der Waals surface area contributed by atoms with E-state index in [1.807, 2.05) is 60.7 Å². The first-order valence-electron chi connectivity index (χ1n) is 6.76. The molecule has 0 heterocycles. The van der Waals surface area contributed by atoms with Gasteiger partial charge in [0.2, 0.25) is 0 Å². The van der Waals surface area contributed by atoms with Crippen LogP contribution in [0.25, 0.3) is 11.6 Å². The van der Waals surface area contributed by atoms with E-state index in [1.165, 1.54) is 5.56 Å². The monoisotopic (exact) mass is 259 g/mol. The molecule has 20 heavy (non-hydrogen) atoms. The van der Waals surface area contributed by atoms with Gasteiger partial charge >= 0.3 is 0 Å². The summed E-state index contributed by atoms with van der Waals surface area (Å²) >= 11 is 0. The average molecular weight is 259 g/mol. The second-order valence-corrected chi connectivity index (χ2v) is 4.51. The van der Waals surface area contributed by atoms with Gasteiger partial charge in [-0.25, -0.2) is 0 Å². The van der Waals surface area contributed by atoms with E-state index < -0.39 is 0 Å². The molecule has 0 unspecified atom stereocenters. The molecule has 0 spiro atoms. The zero-order valence-electron chi connectivity index (χ0n) is 11.6. The molecular formula is C19H17N. The van der Waals surface area contributed by atoms with Gasteiger partial charge in [0, 0.05) is 0 Å². The largest absolute Gasteiger partial charge is 0.192 e. The van der Waals surface area contributed by atoms with Gasteiger partial charge in [-0.3, -0.25) is 0 Å². The standard InChI is InChI=1S/C19H17N/c1-2-16-11-13-18(14-12-16)19(15-20)10-6-9-17-7-4-3-5-8-17/h3-14H,2H2,1H3/b9-6-,19-10+. The van der Waals surface area contributed by atoms with Crippen molar-refractivity contribution in [2.45, 2.75) is 13.3 Å². The van der Waals surface area contributed by atoms with E-state index in [9.17, 15) is 5.26 Å². The van der Waals surface area contributed by atoms with Crippen LogP contribution in [0.15, 0.2) is 66.7 Å². The smallest absolute Gasteiger partial charge is 0.0997 e. The molecule has 0 atom stereocenters. The fourth-order valence-corrected chi connectivity index (χ4v) is 1.94. The molecule has 0 saturated heterocycles. The Bertz CT molecular complexity index is 640. The van der Waals surface area contributed by atoms with Crippen molar-refractivity contribution in [1.82, 2.24) is 0 Å². The fourth-order valence-electron chi connectivity index (χ4n) is 1.94. The van der Waals surface area contributed by atoms with E-state index in [4.69, 9.17) is 0 Å². The Morgan fingerprint density at radius 1 is 1.05 bits per heavy atom. The topological polar surface area (TPSA) is 23.8 Å². The Labute approximate surface area is 120 Å². The number of benzene rings is 2. The molecule has 0 aliphatic heterocycles. The van der Waals surface area contributed by atoms with Gasteiger partial charge in [-0.2, -0.15) is 5.26 Å². The van der Waals surface area contributed by atoms with E-state index in [2.05, 4.69) is 25.1 Å². The van der Waals surface area contributed by atoms with Crippen LogP contribution in [-0.4, -0.2) is 0 Å². The Balaban J connectivity index is 2.17. The van der Waals surface area contributed by atoms with Gasteiger partial charge in [0.1, 0.15) is 0 Å². The summed E-state index contributed by atoms with van der Waals surface area (Å²) in [5, 5.41) is 9.25. The summed E-state index contributed by atoms with van der Waals surface area (Å²) in [6.07, 6.45) is 6.78. The summed E-state index contributed by atoms with van der Waals surface area (Å²) in [4.78, 5) is 0. The van der Waals surface area contributed by atoms with E-state index >= 15 is 0 Å². The van der Waals surface area contributed by atoms with Crippen molar-refractivity contribution in [2.75, 3.05) is 0 Å². The molecule has 2 rings (SSSR count). The van der Waals surface area contributed by atoms with E-state index in [1.54, 1.807) is 0 Å². The van der Waals surface area contributed by atoms with Gasteiger partial charge in [0.05, 0.1) is 11.6 Å². The molecule has 0 bridgehead atoms. The minimum atomic E-state index is 0.680. The Morgan fingerprint density at radius 3 is 2.35 bits per heavy atom. The summed E-state index contributed by atoms with van der Waals surface area (Å²) in [7, 11) is 0. The molecular weight excluding hydrogens is 242 g/mol. The molecule has 1 heteroatoms. The van der Waals surface area contributed by atoms with Gasteiger partial charge in [0.15, 0.2) is 0 Å². The van der Waals surface area contributed by atoms with E-state index in [-0.39, 0.29) is 0 Å². The van der Waals surface area contributed by atoms with Crippen LogP contribution in [0.4, 0.5) is 0 Å². The van der Waals surface area contributed by atoms with Crippen molar-refractivity contribution in [3.8, 4) is 6.07 Å². The molecule has 98 valence electrons. The molecule has 0 saturated carbocycles. The summed E-state index contributed by atoms with van der Waals surface area (Å²) in [6, 6.07) is 20.5. The second kappa shape index (κ2) is 7.11. The SMILES string of the molecule is CCc1ccc(/C(C#N)=C/C=C\c2ccccc2)cc1.